The number of rotatable bonds is 3. The first-order valence-corrected chi connectivity index (χ1v) is 4.14. The summed E-state index contributed by atoms with van der Waals surface area (Å²) in [5, 5.41) is 2.28. The molecule has 0 spiro atoms. The van der Waals surface area contributed by atoms with Crippen LogP contribution in [-0.4, -0.2) is 6.54 Å². The van der Waals surface area contributed by atoms with E-state index in [1.807, 2.05) is 0 Å². The molecule has 0 radical (unpaired) electrons. The summed E-state index contributed by atoms with van der Waals surface area (Å²) in [6.45, 7) is 2.01. The molecule has 78 valence electrons. The van der Waals surface area contributed by atoms with Crippen LogP contribution in [-0.2, 0) is 0 Å². The lowest BCUT2D eigenvalue weighted by Gasteiger charge is -2.08. The number of hydrogen-bond donors (Lipinski definition) is 1. The fraction of sp³-hybridized carbons (Fsp3) is 0.333. The number of hydrogen-bond acceptors (Lipinski definition) is 1. The van der Waals surface area contributed by atoms with Gasteiger partial charge in [0.1, 0.15) is 5.69 Å². The van der Waals surface area contributed by atoms with Gasteiger partial charge in [0.05, 0.1) is 0 Å². The standard InChI is InChI=1S/C9H9F4N/c1-2-3-14-9-7(12)5(10)4-6(11)8(9)13/h4,14H,2-3H2,1H3. The monoisotopic (exact) mass is 207 g/mol. The SMILES string of the molecule is CCCNc1c(F)c(F)cc(F)c1F. The Morgan fingerprint density at radius 3 is 2.00 bits per heavy atom. The number of nitrogens with one attached hydrogen (secondary N) is 1. The molecule has 0 aliphatic heterocycles. The maximum Gasteiger partial charge on any atom is 0.185 e. The second-order valence-electron chi connectivity index (χ2n) is 2.77. The molecule has 1 nitrogen and oxygen atoms in total. The quantitative estimate of drug-likeness (QED) is 0.593. The molecule has 5 heteroatoms. The lowest BCUT2D eigenvalue weighted by molar-refractivity contribution is 0.458. The van der Waals surface area contributed by atoms with Crippen LogP contribution in [0.5, 0.6) is 0 Å². The molecular formula is C9H9F4N. The molecule has 0 fully saturated rings. The Balaban J connectivity index is 3.11. The summed E-state index contributed by atoms with van der Waals surface area (Å²) in [5.41, 5.74) is -0.746. The highest BCUT2D eigenvalue weighted by Gasteiger charge is 2.18. The molecule has 0 heterocycles. The Morgan fingerprint density at radius 1 is 1.07 bits per heavy atom. The minimum absolute atomic E-state index is 0.182. The van der Waals surface area contributed by atoms with E-state index in [4.69, 9.17) is 0 Å². The third-order valence-electron chi connectivity index (χ3n) is 1.66. The van der Waals surface area contributed by atoms with E-state index >= 15 is 0 Å². The van der Waals surface area contributed by atoms with Gasteiger partial charge in [-0.2, -0.15) is 0 Å². The zero-order valence-electron chi connectivity index (χ0n) is 7.50. The average molecular weight is 207 g/mol. The summed E-state index contributed by atoms with van der Waals surface area (Å²) in [6, 6.07) is 0.182. The number of halogens is 4. The van der Waals surface area contributed by atoms with Crippen LogP contribution in [0.4, 0.5) is 23.2 Å². The molecule has 0 aliphatic rings. The largest absolute Gasteiger partial charge is 0.380 e. The van der Waals surface area contributed by atoms with Gasteiger partial charge < -0.3 is 5.32 Å². The summed E-state index contributed by atoms with van der Waals surface area (Å²) in [6.07, 6.45) is 0.594. The van der Waals surface area contributed by atoms with Crippen LogP contribution in [0, 0.1) is 23.3 Å². The van der Waals surface area contributed by atoms with E-state index in [2.05, 4.69) is 5.32 Å². The minimum atomic E-state index is -1.40. The van der Waals surface area contributed by atoms with Gasteiger partial charge in [0.2, 0.25) is 0 Å². The van der Waals surface area contributed by atoms with Crippen molar-refractivity contribution in [2.24, 2.45) is 0 Å². The molecule has 1 rings (SSSR count). The number of benzene rings is 1. The van der Waals surface area contributed by atoms with Gasteiger partial charge in [-0.15, -0.1) is 0 Å². The van der Waals surface area contributed by atoms with Crippen LogP contribution >= 0.6 is 0 Å². The maximum atomic E-state index is 12.9. The van der Waals surface area contributed by atoms with E-state index in [1.54, 1.807) is 6.92 Å². The Morgan fingerprint density at radius 2 is 1.57 bits per heavy atom. The fourth-order valence-electron chi connectivity index (χ4n) is 0.978. The van der Waals surface area contributed by atoms with Crippen LogP contribution < -0.4 is 5.32 Å². The maximum absolute atomic E-state index is 12.9. The molecule has 0 unspecified atom stereocenters. The van der Waals surface area contributed by atoms with Crippen molar-refractivity contribution in [2.75, 3.05) is 11.9 Å². The van der Waals surface area contributed by atoms with Crippen molar-refractivity contribution in [1.29, 1.82) is 0 Å². The Hall–Kier alpha value is -1.26. The van der Waals surface area contributed by atoms with Crippen molar-refractivity contribution in [3.05, 3.63) is 29.3 Å². The molecule has 0 aliphatic carbocycles. The zero-order chi connectivity index (χ0) is 10.7. The van der Waals surface area contributed by atoms with Gasteiger partial charge in [-0.3, -0.25) is 0 Å². The van der Waals surface area contributed by atoms with Gasteiger partial charge in [-0.25, -0.2) is 17.6 Å². The third kappa shape index (κ3) is 1.97. The molecule has 1 aromatic carbocycles. The molecule has 1 aromatic rings. The van der Waals surface area contributed by atoms with E-state index in [-0.39, 0.29) is 12.6 Å². The van der Waals surface area contributed by atoms with Crippen LogP contribution in [0.15, 0.2) is 6.07 Å². The predicted molar refractivity (Wildman–Crippen MR) is 45.1 cm³/mol. The van der Waals surface area contributed by atoms with Gasteiger partial charge in [-0.1, -0.05) is 6.92 Å². The summed E-state index contributed by atoms with van der Waals surface area (Å²) in [4.78, 5) is 0. The van der Waals surface area contributed by atoms with Crippen molar-refractivity contribution in [2.45, 2.75) is 13.3 Å². The van der Waals surface area contributed by atoms with Gasteiger partial charge in [0.25, 0.3) is 0 Å². The Kier molecular flexibility index (Phi) is 3.33. The first-order chi connectivity index (χ1) is 6.57. The molecule has 0 amide bonds. The smallest absolute Gasteiger partial charge is 0.185 e. The van der Waals surface area contributed by atoms with Crippen molar-refractivity contribution < 1.29 is 17.6 Å². The predicted octanol–water partition coefficient (Wildman–Crippen LogP) is 3.06. The summed E-state index contributed by atoms with van der Waals surface area (Å²) in [5.74, 6) is -5.58. The van der Waals surface area contributed by atoms with Crippen molar-refractivity contribution in [3.63, 3.8) is 0 Å². The van der Waals surface area contributed by atoms with E-state index in [1.165, 1.54) is 0 Å². The van der Waals surface area contributed by atoms with Crippen molar-refractivity contribution in [1.82, 2.24) is 0 Å². The molecule has 0 atom stereocenters. The van der Waals surface area contributed by atoms with Crippen LogP contribution in [0.25, 0.3) is 0 Å². The summed E-state index contributed by atoms with van der Waals surface area (Å²) >= 11 is 0. The highest BCUT2D eigenvalue weighted by molar-refractivity contribution is 5.47. The summed E-state index contributed by atoms with van der Waals surface area (Å²) < 4.78 is 51.1. The molecular weight excluding hydrogens is 198 g/mol. The van der Waals surface area contributed by atoms with Crippen molar-refractivity contribution >= 4 is 5.69 Å². The minimum Gasteiger partial charge on any atom is -0.380 e. The Labute approximate surface area is 78.7 Å². The van der Waals surface area contributed by atoms with Gasteiger partial charge in [0.15, 0.2) is 23.3 Å². The second-order valence-corrected chi connectivity index (χ2v) is 2.77. The summed E-state index contributed by atoms with van der Waals surface area (Å²) in [7, 11) is 0. The van der Waals surface area contributed by atoms with E-state index in [0.717, 1.165) is 0 Å². The molecule has 0 saturated heterocycles. The lowest BCUT2D eigenvalue weighted by atomic mass is 10.2. The van der Waals surface area contributed by atoms with Gasteiger partial charge in [0, 0.05) is 12.6 Å². The van der Waals surface area contributed by atoms with E-state index in [0.29, 0.717) is 6.42 Å². The van der Waals surface area contributed by atoms with Crippen LogP contribution in [0.1, 0.15) is 13.3 Å². The van der Waals surface area contributed by atoms with Gasteiger partial charge >= 0.3 is 0 Å². The highest BCUT2D eigenvalue weighted by atomic mass is 19.2. The van der Waals surface area contributed by atoms with E-state index in [9.17, 15) is 17.6 Å². The van der Waals surface area contributed by atoms with Crippen LogP contribution in [0.2, 0.25) is 0 Å². The molecule has 1 N–H and O–H groups in total. The third-order valence-corrected chi connectivity index (χ3v) is 1.66. The zero-order valence-corrected chi connectivity index (χ0v) is 7.50. The Bertz CT molecular complexity index is 312. The first-order valence-electron chi connectivity index (χ1n) is 4.14. The average Bonchev–Trinajstić information content (AvgIpc) is 2.15. The fourth-order valence-corrected chi connectivity index (χ4v) is 0.978. The van der Waals surface area contributed by atoms with Crippen LogP contribution in [0.3, 0.4) is 0 Å². The molecule has 14 heavy (non-hydrogen) atoms. The normalized spacial score (nSPS) is 10.4. The van der Waals surface area contributed by atoms with Crippen molar-refractivity contribution in [3.8, 4) is 0 Å². The van der Waals surface area contributed by atoms with E-state index < -0.39 is 29.0 Å². The highest BCUT2D eigenvalue weighted by Crippen LogP contribution is 2.23. The molecule has 0 saturated carbocycles. The topological polar surface area (TPSA) is 12.0 Å². The molecule has 0 bridgehead atoms. The van der Waals surface area contributed by atoms with Gasteiger partial charge in [-0.05, 0) is 6.42 Å². The molecule has 0 aromatic heterocycles. The second kappa shape index (κ2) is 4.30. The first kappa shape index (κ1) is 10.8. The number of anilines is 1. The lowest BCUT2D eigenvalue weighted by Crippen LogP contribution is -2.07.